The second-order valence-corrected chi connectivity index (χ2v) is 8.22. The first kappa shape index (κ1) is 16.2. The minimum atomic E-state index is -4.29. The Kier molecular flexibility index (Phi) is 5.58. The van der Waals surface area contributed by atoms with Crippen molar-refractivity contribution in [1.29, 1.82) is 0 Å². The van der Waals surface area contributed by atoms with E-state index in [2.05, 4.69) is 0 Å². The molecule has 0 fully saturated rings. The van der Waals surface area contributed by atoms with Gasteiger partial charge < -0.3 is 8.85 Å². The Morgan fingerprint density at radius 1 is 1.16 bits per heavy atom. The van der Waals surface area contributed by atoms with Crippen LogP contribution in [0.1, 0.15) is 18.1 Å². The number of benzene rings is 1. The zero-order valence-corrected chi connectivity index (χ0v) is 12.4. The van der Waals surface area contributed by atoms with Gasteiger partial charge in [0.25, 0.3) is 0 Å². The molecule has 6 heteroatoms. The Morgan fingerprint density at radius 2 is 1.79 bits per heavy atom. The SMILES string of the molecule is CC[Si](CCc1cccc(C(F)(F)F)c1)(OC)OC. The van der Waals surface area contributed by atoms with Crippen molar-refractivity contribution in [3.8, 4) is 0 Å². The molecule has 0 radical (unpaired) electrons. The third-order valence-electron chi connectivity index (χ3n) is 3.33. The van der Waals surface area contributed by atoms with Crippen LogP contribution in [0.5, 0.6) is 0 Å². The Morgan fingerprint density at radius 3 is 2.26 bits per heavy atom. The molecular formula is C13H19F3O2Si. The summed E-state index contributed by atoms with van der Waals surface area (Å²) in [5.41, 5.74) is 0.0536. The van der Waals surface area contributed by atoms with Crippen molar-refractivity contribution in [1.82, 2.24) is 0 Å². The molecule has 1 aromatic carbocycles. The van der Waals surface area contributed by atoms with Crippen molar-refractivity contribution in [3.05, 3.63) is 35.4 Å². The fraction of sp³-hybridized carbons (Fsp3) is 0.538. The molecule has 1 aromatic rings. The van der Waals surface area contributed by atoms with E-state index in [1.165, 1.54) is 12.1 Å². The first-order valence-electron chi connectivity index (χ1n) is 6.13. The summed E-state index contributed by atoms with van der Waals surface area (Å²) in [6.45, 7) is 1.98. The van der Waals surface area contributed by atoms with Crippen molar-refractivity contribution < 1.29 is 22.0 Å². The van der Waals surface area contributed by atoms with Crippen molar-refractivity contribution in [2.24, 2.45) is 0 Å². The van der Waals surface area contributed by atoms with E-state index in [4.69, 9.17) is 8.85 Å². The highest BCUT2D eigenvalue weighted by Crippen LogP contribution is 2.30. The smallest absolute Gasteiger partial charge is 0.398 e. The van der Waals surface area contributed by atoms with Crippen LogP contribution in [0.2, 0.25) is 12.1 Å². The molecule has 0 aliphatic heterocycles. The van der Waals surface area contributed by atoms with Gasteiger partial charge in [-0.25, -0.2) is 0 Å². The maximum Gasteiger partial charge on any atom is 0.416 e. The Labute approximate surface area is 112 Å². The number of rotatable bonds is 6. The van der Waals surface area contributed by atoms with E-state index in [1.807, 2.05) is 6.92 Å². The minimum Gasteiger partial charge on any atom is -0.398 e. The zero-order chi connectivity index (χ0) is 14.5. The first-order chi connectivity index (χ1) is 8.87. The predicted octanol–water partition coefficient (Wildman–Crippen LogP) is 4.00. The van der Waals surface area contributed by atoms with Gasteiger partial charge in [-0.1, -0.05) is 25.1 Å². The fourth-order valence-corrected chi connectivity index (χ4v) is 4.17. The van der Waals surface area contributed by atoms with Gasteiger partial charge in [-0.2, -0.15) is 13.2 Å². The van der Waals surface area contributed by atoms with Gasteiger partial charge in [-0.05, 0) is 30.1 Å². The molecule has 1 rings (SSSR count). The molecule has 0 spiro atoms. The summed E-state index contributed by atoms with van der Waals surface area (Å²) in [6.07, 6.45) is -3.76. The molecule has 0 unspecified atom stereocenters. The molecule has 0 aliphatic rings. The first-order valence-corrected chi connectivity index (χ1v) is 8.36. The highest BCUT2D eigenvalue weighted by atomic mass is 28.4. The van der Waals surface area contributed by atoms with Gasteiger partial charge in [0.15, 0.2) is 0 Å². The largest absolute Gasteiger partial charge is 0.416 e. The van der Waals surface area contributed by atoms with Crippen LogP contribution >= 0.6 is 0 Å². The Hall–Kier alpha value is -0.853. The molecule has 0 atom stereocenters. The van der Waals surface area contributed by atoms with E-state index in [1.54, 1.807) is 20.3 Å². The summed E-state index contributed by atoms with van der Waals surface area (Å²) in [4.78, 5) is 0. The van der Waals surface area contributed by atoms with Gasteiger partial charge in [-0.3, -0.25) is 0 Å². The highest BCUT2D eigenvalue weighted by Gasteiger charge is 2.33. The quantitative estimate of drug-likeness (QED) is 0.738. The zero-order valence-electron chi connectivity index (χ0n) is 11.4. The molecule has 0 bridgehead atoms. The molecule has 19 heavy (non-hydrogen) atoms. The highest BCUT2D eigenvalue weighted by molar-refractivity contribution is 6.67. The van der Waals surface area contributed by atoms with Gasteiger partial charge in [0.2, 0.25) is 0 Å². The summed E-state index contributed by atoms with van der Waals surface area (Å²) in [5, 5.41) is 0. The lowest BCUT2D eigenvalue weighted by atomic mass is 10.1. The number of alkyl halides is 3. The van der Waals surface area contributed by atoms with Crippen LogP contribution in [-0.4, -0.2) is 22.8 Å². The van der Waals surface area contributed by atoms with Crippen molar-refractivity contribution >= 4 is 8.56 Å². The molecule has 0 saturated heterocycles. The van der Waals surface area contributed by atoms with E-state index in [0.717, 1.165) is 12.1 Å². The van der Waals surface area contributed by atoms with Crippen LogP contribution in [-0.2, 0) is 21.4 Å². The van der Waals surface area contributed by atoms with Gasteiger partial charge in [0, 0.05) is 14.2 Å². The monoisotopic (exact) mass is 292 g/mol. The Bertz CT molecular complexity index is 395. The lowest BCUT2D eigenvalue weighted by molar-refractivity contribution is -0.137. The molecule has 0 heterocycles. The van der Waals surface area contributed by atoms with Crippen molar-refractivity contribution in [2.45, 2.75) is 31.6 Å². The normalized spacial score (nSPS) is 12.7. The molecule has 2 nitrogen and oxygen atoms in total. The number of halogens is 3. The van der Waals surface area contributed by atoms with Crippen LogP contribution in [0.3, 0.4) is 0 Å². The van der Waals surface area contributed by atoms with Crippen LogP contribution in [0.4, 0.5) is 13.2 Å². The number of hydrogen-bond acceptors (Lipinski definition) is 2. The van der Waals surface area contributed by atoms with E-state index in [-0.39, 0.29) is 0 Å². The van der Waals surface area contributed by atoms with E-state index in [0.29, 0.717) is 18.0 Å². The summed E-state index contributed by atoms with van der Waals surface area (Å²) >= 11 is 0. The van der Waals surface area contributed by atoms with Gasteiger partial charge in [-0.15, -0.1) is 0 Å². The second-order valence-electron chi connectivity index (χ2n) is 4.37. The fourth-order valence-electron chi connectivity index (χ4n) is 1.99. The minimum absolute atomic E-state index is 0.533. The van der Waals surface area contributed by atoms with Crippen LogP contribution in [0.15, 0.2) is 24.3 Å². The summed E-state index contributed by atoms with van der Waals surface area (Å²) in [5.74, 6) is 0. The summed E-state index contributed by atoms with van der Waals surface area (Å²) in [7, 11) is 0.960. The van der Waals surface area contributed by atoms with Crippen molar-refractivity contribution in [2.75, 3.05) is 14.2 Å². The maximum absolute atomic E-state index is 12.6. The third kappa shape index (κ3) is 4.33. The lowest BCUT2D eigenvalue weighted by Crippen LogP contribution is -2.39. The van der Waals surface area contributed by atoms with E-state index in [9.17, 15) is 13.2 Å². The van der Waals surface area contributed by atoms with Crippen LogP contribution in [0.25, 0.3) is 0 Å². The Balaban J connectivity index is 2.78. The van der Waals surface area contributed by atoms with Crippen LogP contribution < -0.4 is 0 Å². The average Bonchev–Trinajstić information content (AvgIpc) is 2.40. The van der Waals surface area contributed by atoms with Crippen LogP contribution in [0, 0.1) is 0 Å². The maximum atomic E-state index is 12.6. The van der Waals surface area contributed by atoms with Gasteiger partial charge >= 0.3 is 14.7 Å². The molecular weight excluding hydrogens is 273 g/mol. The molecule has 0 aliphatic carbocycles. The van der Waals surface area contributed by atoms with Gasteiger partial charge in [0.05, 0.1) is 5.56 Å². The predicted molar refractivity (Wildman–Crippen MR) is 70.2 cm³/mol. The molecule has 0 N–H and O–H groups in total. The van der Waals surface area contributed by atoms with E-state index < -0.39 is 20.3 Å². The van der Waals surface area contributed by atoms with Gasteiger partial charge in [0.1, 0.15) is 0 Å². The lowest BCUT2D eigenvalue weighted by Gasteiger charge is -2.26. The topological polar surface area (TPSA) is 18.5 Å². The second kappa shape index (κ2) is 6.54. The summed E-state index contributed by atoms with van der Waals surface area (Å²) in [6, 6.07) is 6.85. The molecule has 108 valence electrons. The van der Waals surface area contributed by atoms with E-state index >= 15 is 0 Å². The van der Waals surface area contributed by atoms with Crippen molar-refractivity contribution in [3.63, 3.8) is 0 Å². The number of aryl methyl sites for hydroxylation is 1. The third-order valence-corrected chi connectivity index (χ3v) is 6.91. The molecule has 0 amide bonds. The standard InChI is InChI=1S/C13H19F3O2Si/c1-4-19(17-2,18-3)9-8-11-6-5-7-12(10-11)13(14,15)16/h5-7,10H,4,8-9H2,1-3H3. The number of hydrogen-bond donors (Lipinski definition) is 0. The molecule has 0 aromatic heterocycles. The summed E-state index contributed by atoms with van der Waals surface area (Å²) < 4.78 is 48.7. The average molecular weight is 292 g/mol. The molecule has 0 saturated carbocycles.